The molecule has 0 unspecified atom stereocenters. The summed E-state index contributed by atoms with van der Waals surface area (Å²) in [7, 11) is -3.94. The van der Waals surface area contributed by atoms with Crippen LogP contribution in [0.1, 0.15) is 53.7 Å². The van der Waals surface area contributed by atoms with E-state index < -0.39 is 21.9 Å². The van der Waals surface area contributed by atoms with Gasteiger partial charge in [-0.25, -0.2) is 17.5 Å². The van der Waals surface area contributed by atoms with Crippen LogP contribution in [0.5, 0.6) is 0 Å². The van der Waals surface area contributed by atoms with Gasteiger partial charge < -0.3 is 10.6 Å². The predicted molar refractivity (Wildman–Crippen MR) is 166 cm³/mol. The molecule has 1 atom stereocenters. The number of halogens is 2. The van der Waals surface area contributed by atoms with Crippen molar-refractivity contribution in [1.82, 2.24) is 20.3 Å². The molecule has 0 aromatic heterocycles. The number of amides is 2. The summed E-state index contributed by atoms with van der Waals surface area (Å²) in [5, 5.41) is 5.54. The van der Waals surface area contributed by atoms with E-state index in [-0.39, 0.29) is 40.7 Å². The number of nitrogens with zero attached hydrogens (tertiary/aromatic N) is 1. The zero-order chi connectivity index (χ0) is 31.0. The number of benzene rings is 3. The van der Waals surface area contributed by atoms with Gasteiger partial charge in [-0.1, -0.05) is 67.9 Å². The second-order valence-corrected chi connectivity index (χ2v) is 13.3. The molecule has 11 heteroatoms. The maximum atomic E-state index is 13.4. The molecule has 3 aromatic carbocycles. The van der Waals surface area contributed by atoms with Crippen molar-refractivity contribution in [2.75, 3.05) is 19.6 Å². The average molecular weight is 629 g/mol. The van der Waals surface area contributed by atoms with E-state index in [1.807, 2.05) is 44.2 Å². The molecular weight excluding hydrogens is 591 g/mol. The lowest BCUT2D eigenvalue weighted by Crippen LogP contribution is -2.48. The molecule has 0 saturated carbocycles. The van der Waals surface area contributed by atoms with Crippen LogP contribution in [-0.2, 0) is 34.3 Å². The van der Waals surface area contributed by atoms with Gasteiger partial charge in [-0.15, -0.1) is 0 Å². The van der Waals surface area contributed by atoms with Crippen molar-refractivity contribution in [3.8, 4) is 0 Å². The Bertz CT molecular complexity index is 1540. The minimum absolute atomic E-state index is 0.0367. The Morgan fingerprint density at radius 3 is 2.51 bits per heavy atom. The molecule has 43 heavy (non-hydrogen) atoms. The van der Waals surface area contributed by atoms with Crippen LogP contribution in [0.15, 0.2) is 71.6 Å². The summed E-state index contributed by atoms with van der Waals surface area (Å²) in [6.07, 6.45) is 1.50. The fourth-order valence-corrected chi connectivity index (χ4v) is 6.80. The Hall–Kier alpha value is -3.31. The Morgan fingerprint density at radius 1 is 1.02 bits per heavy atom. The number of nitrogens with one attached hydrogen (secondary N) is 3. The molecule has 1 aliphatic rings. The van der Waals surface area contributed by atoms with Gasteiger partial charge in [0.05, 0.1) is 5.02 Å². The van der Waals surface area contributed by atoms with E-state index in [0.717, 1.165) is 55.4 Å². The van der Waals surface area contributed by atoms with Crippen molar-refractivity contribution < 1.29 is 22.4 Å². The molecule has 3 N–H and O–H groups in total. The minimum Gasteiger partial charge on any atom is -0.354 e. The van der Waals surface area contributed by atoms with E-state index in [1.54, 1.807) is 0 Å². The van der Waals surface area contributed by atoms with Crippen LogP contribution in [0, 0.1) is 11.7 Å². The quantitative estimate of drug-likeness (QED) is 0.239. The number of fused-ring (bicyclic) bond motifs is 1. The van der Waals surface area contributed by atoms with Crippen LogP contribution in [0.2, 0.25) is 5.02 Å². The topological polar surface area (TPSA) is 108 Å². The van der Waals surface area contributed by atoms with Gasteiger partial charge in [0.1, 0.15) is 16.8 Å². The standard InChI is InChI=1S/C32H38ClFN4O4S/c1-22(2)18-29(32(40)35-15-7-16-36-43(41,42)30-13-12-25(34)19-28(30)33)37-31(39)27-11-6-10-24-21-38(17-14-26(24)27)20-23-8-4-3-5-9-23/h3-6,8-13,19,22,29,36H,7,14-18,20-21H2,1-2H3,(H,35,40)(H,37,39)/t29-/m0/s1. The smallest absolute Gasteiger partial charge is 0.252 e. The first-order chi connectivity index (χ1) is 20.5. The van der Waals surface area contributed by atoms with Crippen LogP contribution >= 0.6 is 11.6 Å². The highest BCUT2D eigenvalue weighted by molar-refractivity contribution is 7.89. The molecule has 0 spiro atoms. The molecule has 4 rings (SSSR count). The lowest BCUT2D eigenvalue weighted by molar-refractivity contribution is -0.123. The van der Waals surface area contributed by atoms with E-state index in [1.165, 1.54) is 5.56 Å². The van der Waals surface area contributed by atoms with Gasteiger partial charge in [-0.2, -0.15) is 0 Å². The van der Waals surface area contributed by atoms with Gasteiger partial charge in [0.15, 0.2) is 0 Å². The fraction of sp³-hybridized carbons (Fsp3) is 0.375. The summed E-state index contributed by atoms with van der Waals surface area (Å²) in [5.74, 6) is -1.09. The molecular formula is C32H38ClFN4O4S. The maximum Gasteiger partial charge on any atom is 0.252 e. The maximum absolute atomic E-state index is 13.4. The van der Waals surface area contributed by atoms with Gasteiger partial charge in [-0.3, -0.25) is 14.5 Å². The lowest BCUT2D eigenvalue weighted by Gasteiger charge is -2.30. The average Bonchev–Trinajstić information content (AvgIpc) is 2.96. The number of carbonyl (C=O) groups excluding carboxylic acids is 2. The van der Waals surface area contributed by atoms with Crippen LogP contribution in [0.4, 0.5) is 4.39 Å². The van der Waals surface area contributed by atoms with E-state index in [4.69, 9.17) is 11.6 Å². The predicted octanol–water partition coefficient (Wildman–Crippen LogP) is 4.67. The largest absolute Gasteiger partial charge is 0.354 e. The summed E-state index contributed by atoms with van der Waals surface area (Å²) in [5.41, 5.74) is 3.97. The third-order valence-corrected chi connectivity index (χ3v) is 9.24. The molecule has 3 aromatic rings. The van der Waals surface area contributed by atoms with Gasteiger partial charge >= 0.3 is 0 Å². The zero-order valence-electron chi connectivity index (χ0n) is 24.4. The summed E-state index contributed by atoms with van der Waals surface area (Å²) in [6.45, 7) is 6.61. The second kappa shape index (κ2) is 14.9. The van der Waals surface area contributed by atoms with Crippen LogP contribution in [0.25, 0.3) is 0 Å². The molecule has 0 radical (unpaired) electrons. The first-order valence-corrected chi connectivity index (χ1v) is 16.3. The minimum atomic E-state index is -3.94. The molecule has 230 valence electrons. The highest BCUT2D eigenvalue weighted by atomic mass is 35.5. The second-order valence-electron chi connectivity index (χ2n) is 11.2. The van der Waals surface area contributed by atoms with Gasteiger partial charge in [0, 0.05) is 38.3 Å². The third kappa shape index (κ3) is 9.09. The molecule has 0 fully saturated rings. The van der Waals surface area contributed by atoms with Crippen molar-refractivity contribution in [2.24, 2.45) is 5.92 Å². The molecule has 0 aliphatic carbocycles. The van der Waals surface area contributed by atoms with Gasteiger partial charge in [0.25, 0.3) is 5.91 Å². The molecule has 2 amide bonds. The van der Waals surface area contributed by atoms with E-state index >= 15 is 0 Å². The van der Waals surface area contributed by atoms with E-state index in [2.05, 4.69) is 38.5 Å². The normalized spacial score (nSPS) is 14.3. The Labute approximate surface area is 258 Å². The van der Waals surface area contributed by atoms with Crippen molar-refractivity contribution >= 4 is 33.4 Å². The first-order valence-electron chi connectivity index (χ1n) is 14.4. The van der Waals surface area contributed by atoms with Crippen molar-refractivity contribution in [2.45, 2.75) is 57.1 Å². The number of hydrogen-bond acceptors (Lipinski definition) is 5. The van der Waals surface area contributed by atoms with Crippen molar-refractivity contribution in [3.63, 3.8) is 0 Å². The van der Waals surface area contributed by atoms with Gasteiger partial charge in [0.2, 0.25) is 15.9 Å². The monoisotopic (exact) mass is 628 g/mol. The molecule has 0 saturated heterocycles. The van der Waals surface area contributed by atoms with Gasteiger partial charge in [-0.05, 0) is 66.1 Å². The SMILES string of the molecule is CC(C)C[C@H](NC(=O)c1cccc2c1CCN(Cc1ccccc1)C2)C(=O)NCCCNS(=O)(=O)c1ccc(F)cc1Cl. The van der Waals surface area contributed by atoms with E-state index in [0.29, 0.717) is 18.4 Å². The summed E-state index contributed by atoms with van der Waals surface area (Å²) in [4.78, 5) is 28.7. The first kappa shape index (κ1) is 32.6. The van der Waals surface area contributed by atoms with E-state index in [9.17, 15) is 22.4 Å². The molecule has 1 heterocycles. The van der Waals surface area contributed by atoms with Crippen LogP contribution < -0.4 is 15.4 Å². The van der Waals surface area contributed by atoms with Crippen molar-refractivity contribution in [3.05, 3.63) is 99.8 Å². The molecule has 8 nitrogen and oxygen atoms in total. The number of carbonyl (C=O) groups is 2. The van der Waals surface area contributed by atoms with Crippen molar-refractivity contribution in [1.29, 1.82) is 0 Å². The van der Waals surface area contributed by atoms with Crippen LogP contribution in [-0.4, -0.2) is 50.8 Å². The van der Waals surface area contributed by atoms with Crippen LogP contribution in [0.3, 0.4) is 0 Å². The summed E-state index contributed by atoms with van der Waals surface area (Å²) < 4.78 is 40.7. The molecule has 1 aliphatic heterocycles. The summed E-state index contributed by atoms with van der Waals surface area (Å²) >= 11 is 5.88. The third-order valence-electron chi connectivity index (χ3n) is 7.30. The molecule has 0 bridgehead atoms. The number of rotatable bonds is 13. The highest BCUT2D eigenvalue weighted by Crippen LogP contribution is 2.25. The zero-order valence-corrected chi connectivity index (χ0v) is 26.0. The Morgan fingerprint density at radius 2 is 1.79 bits per heavy atom. The Kier molecular flexibility index (Phi) is 11.3. The number of sulfonamides is 1. The fourth-order valence-electron chi connectivity index (χ4n) is 5.20. The summed E-state index contributed by atoms with van der Waals surface area (Å²) in [6, 6.07) is 18.4. The number of hydrogen-bond donors (Lipinski definition) is 3. The highest BCUT2D eigenvalue weighted by Gasteiger charge is 2.26. The lowest BCUT2D eigenvalue weighted by atomic mass is 9.93. The Balaban J connectivity index is 1.31.